The summed E-state index contributed by atoms with van der Waals surface area (Å²) in [5.41, 5.74) is 0.967. The fourth-order valence-corrected chi connectivity index (χ4v) is 2.25. The average molecular weight is 205 g/mol. The molecule has 2 unspecified atom stereocenters. The standard InChI is InChI=1S/C12H19N3/c1-9-4-3-5-11(9)8-13-12-7-6-10(2)14-15-12/h6-7,9,11H,3-5,8H2,1-2H3,(H,13,15). The molecule has 15 heavy (non-hydrogen) atoms. The summed E-state index contributed by atoms with van der Waals surface area (Å²) in [5.74, 6) is 2.57. The molecular weight excluding hydrogens is 186 g/mol. The van der Waals surface area contributed by atoms with Gasteiger partial charge in [-0.2, -0.15) is 5.10 Å². The van der Waals surface area contributed by atoms with Crippen LogP contribution in [0.3, 0.4) is 0 Å². The molecule has 0 saturated heterocycles. The number of nitrogens with one attached hydrogen (secondary N) is 1. The highest BCUT2D eigenvalue weighted by atomic mass is 15.2. The minimum Gasteiger partial charge on any atom is -0.368 e. The van der Waals surface area contributed by atoms with Crippen molar-refractivity contribution >= 4 is 5.82 Å². The van der Waals surface area contributed by atoms with E-state index in [9.17, 15) is 0 Å². The third kappa shape index (κ3) is 2.67. The van der Waals surface area contributed by atoms with Gasteiger partial charge in [-0.05, 0) is 37.3 Å². The van der Waals surface area contributed by atoms with Gasteiger partial charge in [0.05, 0.1) is 5.69 Å². The van der Waals surface area contributed by atoms with Gasteiger partial charge < -0.3 is 5.32 Å². The van der Waals surface area contributed by atoms with Crippen LogP contribution in [0.5, 0.6) is 0 Å². The minimum atomic E-state index is 0.813. The summed E-state index contributed by atoms with van der Waals surface area (Å²) in [4.78, 5) is 0. The summed E-state index contributed by atoms with van der Waals surface area (Å²) >= 11 is 0. The Balaban J connectivity index is 1.85. The number of nitrogens with zero attached hydrogens (tertiary/aromatic N) is 2. The predicted octanol–water partition coefficient (Wildman–Crippen LogP) is 2.63. The Hall–Kier alpha value is -1.12. The van der Waals surface area contributed by atoms with Crippen LogP contribution in [0.25, 0.3) is 0 Å². The van der Waals surface area contributed by atoms with Gasteiger partial charge in [-0.3, -0.25) is 0 Å². The fourth-order valence-electron chi connectivity index (χ4n) is 2.25. The molecule has 2 rings (SSSR count). The van der Waals surface area contributed by atoms with Gasteiger partial charge in [0.25, 0.3) is 0 Å². The Labute approximate surface area is 91.3 Å². The van der Waals surface area contributed by atoms with Crippen molar-refractivity contribution in [3.63, 3.8) is 0 Å². The van der Waals surface area contributed by atoms with Gasteiger partial charge in [-0.1, -0.05) is 19.8 Å². The number of hydrogen-bond donors (Lipinski definition) is 1. The lowest BCUT2D eigenvalue weighted by Crippen LogP contribution is -2.17. The van der Waals surface area contributed by atoms with Crippen molar-refractivity contribution in [2.24, 2.45) is 11.8 Å². The van der Waals surface area contributed by atoms with Crippen molar-refractivity contribution in [3.05, 3.63) is 17.8 Å². The monoisotopic (exact) mass is 205 g/mol. The van der Waals surface area contributed by atoms with E-state index in [4.69, 9.17) is 0 Å². The molecule has 1 aromatic rings. The van der Waals surface area contributed by atoms with Crippen LogP contribution >= 0.6 is 0 Å². The summed E-state index contributed by atoms with van der Waals surface area (Å²) in [6.07, 6.45) is 4.12. The summed E-state index contributed by atoms with van der Waals surface area (Å²) in [6, 6.07) is 4.00. The number of hydrogen-bond acceptors (Lipinski definition) is 3. The first-order chi connectivity index (χ1) is 7.25. The van der Waals surface area contributed by atoms with Gasteiger partial charge in [-0.15, -0.1) is 5.10 Å². The zero-order chi connectivity index (χ0) is 10.7. The molecule has 0 spiro atoms. The molecule has 1 fully saturated rings. The van der Waals surface area contributed by atoms with E-state index >= 15 is 0 Å². The van der Waals surface area contributed by atoms with Crippen molar-refractivity contribution in [1.82, 2.24) is 10.2 Å². The van der Waals surface area contributed by atoms with Crippen LogP contribution in [-0.2, 0) is 0 Å². The lowest BCUT2D eigenvalue weighted by Gasteiger charge is -2.15. The first kappa shape index (κ1) is 10.4. The van der Waals surface area contributed by atoms with Crippen LogP contribution in [0, 0.1) is 18.8 Å². The number of anilines is 1. The van der Waals surface area contributed by atoms with Crippen molar-refractivity contribution < 1.29 is 0 Å². The molecule has 0 aliphatic heterocycles. The quantitative estimate of drug-likeness (QED) is 0.824. The Morgan fingerprint density at radius 3 is 2.80 bits per heavy atom. The van der Waals surface area contributed by atoms with Crippen LogP contribution in [-0.4, -0.2) is 16.7 Å². The first-order valence-electron chi connectivity index (χ1n) is 5.80. The summed E-state index contributed by atoms with van der Waals surface area (Å²) in [7, 11) is 0. The average Bonchev–Trinajstić information content (AvgIpc) is 2.63. The number of aryl methyl sites for hydroxylation is 1. The Kier molecular flexibility index (Phi) is 3.19. The summed E-state index contributed by atoms with van der Waals surface area (Å²) < 4.78 is 0. The van der Waals surface area contributed by atoms with E-state index < -0.39 is 0 Å². The van der Waals surface area contributed by atoms with Gasteiger partial charge in [0.1, 0.15) is 5.82 Å². The molecule has 1 aromatic heterocycles. The van der Waals surface area contributed by atoms with Crippen LogP contribution in [0.2, 0.25) is 0 Å². The molecule has 1 saturated carbocycles. The molecule has 0 aromatic carbocycles. The van der Waals surface area contributed by atoms with Crippen LogP contribution in [0.15, 0.2) is 12.1 Å². The third-order valence-corrected chi connectivity index (χ3v) is 3.38. The second kappa shape index (κ2) is 4.60. The van der Waals surface area contributed by atoms with Crippen molar-refractivity contribution in [1.29, 1.82) is 0 Å². The molecule has 82 valence electrons. The van der Waals surface area contributed by atoms with Gasteiger partial charge in [0, 0.05) is 6.54 Å². The molecule has 1 aliphatic carbocycles. The maximum atomic E-state index is 4.10. The highest BCUT2D eigenvalue weighted by molar-refractivity contribution is 5.32. The molecule has 0 amide bonds. The van der Waals surface area contributed by atoms with Gasteiger partial charge in [0.2, 0.25) is 0 Å². The molecule has 2 atom stereocenters. The number of rotatable bonds is 3. The maximum absolute atomic E-state index is 4.10. The zero-order valence-corrected chi connectivity index (χ0v) is 9.53. The third-order valence-electron chi connectivity index (χ3n) is 3.38. The summed E-state index contributed by atoms with van der Waals surface area (Å²) in [6.45, 7) is 5.34. The smallest absolute Gasteiger partial charge is 0.148 e. The van der Waals surface area contributed by atoms with E-state index in [1.54, 1.807) is 0 Å². The topological polar surface area (TPSA) is 37.8 Å². The first-order valence-corrected chi connectivity index (χ1v) is 5.80. The molecule has 1 aliphatic rings. The van der Waals surface area contributed by atoms with E-state index in [0.29, 0.717) is 0 Å². The fraction of sp³-hybridized carbons (Fsp3) is 0.667. The highest BCUT2D eigenvalue weighted by Crippen LogP contribution is 2.30. The van der Waals surface area contributed by atoms with Gasteiger partial charge >= 0.3 is 0 Å². The predicted molar refractivity (Wildman–Crippen MR) is 61.8 cm³/mol. The highest BCUT2D eigenvalue weighted by Gasteiger charge is 2.22. The van der Waals surface area contributed by atoms with Crippen molar-refractivity contribution in [2.75, 3.05) is 11.9 Å². The van der Waals surface area contributed by atoms with E-state index in [-0.39, 0.29) is 0 Å². The van der Waals surface area contributed by atoms with Crippen LogP contribution < -0.4 is 5.32 Å². The normalized spacial score (nSPS) is 25.5. The van der Waals surface area contributed by atoms with Gasteiger partial charge in [-0.25, -0.2) is 0 Å². The maximum Gasteiger partial charge on any atom is 0.148 e. The van der Waals surface area contributed by atoms with Crippen molar-refractivity contribution in [2.45, 2.75) is 33.1 Å². The molecule has 0 bridgehead atoms. The minimum absolute atomic E-state index is 0.813. The molecule has 0 radical (unpaired) electrons. The molecule has 3 heteroatoms. The largest absolute Gasteiger partial charge is 0.368 e. The number of aromatic nitrogens is 2. The Morgan fingerprint density at radius 2 is 2.20 bits per heavy atom. The van der Waals surface area contributed by atoms with E-state index in [1.807, 2.05) is 19.1 Å². The zero-order valence-electron chi connectivity index (χ0n) is 9.53. The molecule has 1 heterocycles. The Morgan fingerprint density at radius 1 is 1.33 bits per heavy atom. The molecular formula is C12H19N3. The lowest BCUT2D eigenvalue weighted by molar-refractivity contribution is 0.439. The van der Waals surface area contributed by atoms with E-state index in [2.05, 4.69) is 22.4 Å². The molecule has 3 nitrogen and oxygen atoms in total. The van der Waals surface area contributed by atoms with Crippen molar-refractivity contribution in [3.8, 4) is 0 Å². The van der Waals surface area contributed by atoms with Crippen LogP contribution in [0.1, 0.15) is 31.9 Å². The second-order valence-electron chi connectivity index (χ2n) is 4.61. The SMILES string of the molecule is Cc1ccc(NCC2CCCC2C)nn1. The summed E-state index contributed by atoms with van der Waals surface area (Å²) in [5, 5.41) is 11.5. The lowest BCUT2D eigenvalue weighted by atomic mass is 9.98. The Bertz CT molecular complexity index is 307. The van der Waals surface area contributed by atoms with Gasteiger partial charge in [0.15, 0.2) is 0 Å². The van der Waals surface area contributed by atoms with E-state index in [1.165, 1.54) is 19.3 Å². The van der Waals surface area contributed by atoms with E-state index in [0.717, 1.165) is 29.9 Å². The second-order valence-corrected chi connectivity index (χ2v) is 4.61. The van der Waals surface area contributed by atoms with Crippen LogP contribution in [0.4, 0.5) is 5.82 Å². The molecule has 1 N–H and O–H groups in total.